The molecule has 0 aromatic heterocycles. The molecule has 0 spiro atoms. The number of alkyl carbamates (subject to hydrolysis) is 1. The predicted octanol–water partition coefficient (Wildman–Crippen LogP) is 4.31. The molecule has 7 heteroatoms. The van der Waals surface area contributed by atoms with Gasteiger partial charge in [-0.3, -0.25) is 9.59 Å². The van der Waals surface area contributed by atoms with Crippen molar-refractivity contribution in [3.8, 4) is 11.1 Å². The van der Waals surface area contributed by atoms with Crippen LogP contribution in [0.1, 0.15) is 55.6 Å². The van der Waals surface area contributed by atoms with E-state index in [-0.39, 0.29) is 37.3 Å². The number of carbonyl (C=O) groups is 3. The summed E-state index contributed by atoms with van der Waals surface area (Å²) < 4.78 is 5.60. The van der Waals surface area contributed by atoms with Crippen molar-refractivity contribution in [2.24, 2.45) is 17.3 Å². The number of benzene rings is 2. The van der Waals surface area contributed by atoms with Gasteiger partial charge in [-0.15, -0.1) is 0 Å². The third kappa shape index (κ3) is 5.04. The quantitative estimate of drug-likeness (QED) is 0.500. The first-order valence-corrected chi connectivity index (χ1v) is 12.5. The molecule has 3 N–H and O–H groups in total. The van der Waals surface area contributed by atoms with Gasteiger partial charge in [-0.05, 0) is 66.2 Å². The highest BCUT2D eigenvalue weighted by Crippen LogP contribution is 2.46. The molecule has 2 fully saturated rings. The first-order valence-electron chi connectivity index (χ1n) is 12.5. The fourth-order valence-corrected chi connectivity index (χ4v) is 5.75. The molecule has 35 heavy (non-hydrogen) atoms. The minimum Gasteiger partial charge on any atom is -0.481 e. The summed E-state index contributed by atoms with van der Waals surface area (Å²) in [4.78, 5) is 36.2. The largest absolute Gasteiger partial charge is 0.481 e. The number of rotatable bonds is 9. The molecule has 2 aromatic rings. The monoisotopic (exact) mass is 476 g/mol. The Morgan fingerprint density at radius 1 is 0.914 bits per heavy atom. The predicted molar refractivity (Wildman–Crippen MR) is 131 cm³/mol. The van der Waals surface area contributed by atoms with Gasteiger partial charge in [-0.2, -0.15) is 0 Å². The van der Waals surface area contributed by atoms with Crippen LogP contribution in [0.15, 0.2) is 48.5 Å². The van der Waals surface area contributed by atoms with E-state index in [1.54, 1.807) is 0 Å². The third-order valence-electron chi connectivity index (χ3n) is 7.91. The van der Waals surface area contributed by atoms with Gasteiger partial charge >= 0.3 is 12.1 Å². The van der Waals surface area contributed by atoms with Gasteiger partial charge in [0.25, 0.3) is 0 Å². The Labute approximate surface area is 205 Å². The second-order valence-corrected chi connectivity index (χ2v) is 10.3. The van der Waals surface area contributed by atoms with Crippen LogP contribution in [-0.4, -0.2) is 42.8 Å². The van der Waals surface area contributed by atoms with Crippen molar-refractivity contribution in [3.63, 3.8) is 0 Å². The maximum absolute atomic E-state index is 12.8. The highest BCUT2D eigenvalue weighted by Gasteiger charge is 2.50. The Kier molecular flexibility index (Phi) is 6.50. The van der Waals surface area contributed by atoms with Crippen LogP contribution in [0.4, 0.5) is 4.79 Å². The lowest BCUT2D eigenvalue weighted by Crippen LogP contribution is -2.42. The maximum atomic E-state index is 12.8. The number of carboxylic acid groups (broad SMARTS) is 1. The van der Waals surface area contributed by atoms with Gasteiger partial charge < -0.3 is 20.5 Å². The Bertz CT molecular complexity index is 1080. The molecule has 2 saturated carbocycles. The van der Waals surface area contributed by atoms with Crippen LogP contribution < -0.4 is 10.6 Å². The van der Waals surface area contributed by atoms with Crippen molar-refractivity contribution >= 4 is 18.0 Å². The molecule has 5 rings (SSSR count). The fraction of sp³-hybridized carbons (Fsp3) is 0.464. The number of carboxylic acids is 1. The van der Waals surface area contributed by atoms with Crippen LogP contribution in [0.5, 0.6) is 0 Å². The second-order valence-electron chi connectivity index (χ2n) is 10.3. The zero-order chi connectivity index (χ0) is 24.4. The van der Waals surface area contributed by atoms with Gasteiger partial charge in [0, 0.05) is 25.4 Å². The first-order chi connectivity index (χ1) is 16.9. The topological polar surface area (TPSA) is 105 Å². The van der Waals surface area contributed by atoms with Crippen molar-refractivity contribution in [1.29, 1.82) is 0 Å². The molecule has 0 aliphatic heterocycles. The molecule has 0 saturated heterocycles. The van der Waals surface area contributed by atoms with E-state index in [9.17, 15) is 14.4 Å². The smallest absolute Gasteiger partial charge is 0.407 e. The molecule has 2 amide bonds. The minimum absolute atomic E-state index is 0.00250. The Balaban J connectivity index is 1.08. The molecule has 0 radical (unpaired) electrons. The third-order valence-corrected chi connectivity index (χ3v) is 7.91. The molecule has 184 valence electrons. The summed E-state index contributed by atoms with van der Waals surface area (Å²) in [6.45, 7) is 1.09. The summed E-state index contributed by atoms with van der Waals surface area (Å²) in [5, 5.41) is 14.8. The standard InChI is InChI=1S/C28H32N2O5/c31-25(32)14-18-9-10-19(13-18)15-29-26(33)28(11-12-28)17-30-27(34)35-16-24-22-7-3-1-5-20(22)21-6-2-4-8-23(21)24/h1-8,18-19,24H,9-17H2,(H,29,33)(H,30,34)(H,31,32). The van der Waals surface area contributed by atoms with Crippen LogP contribution in [-0.2, 0) is 14.3 Å². The number of fused-ring (bicyclic) bond motifs is 3. The summed E-state index contributed by atoms with van der Waals surface area (Å²) >= 11 is 0. The molecule has 2 unspecified atom stereocenters. The molecule has 2 atom stereocenters. The Morgan fingerprint density at radius 2 is 1.54 bits per heavy atom. The van der Waals surface area contributed by atoms with Crippen molar-refractivity contribution in [1.82, 2.24) is 10.6 Å². The van der Waals surface area contributed by atoms with Crippen molar-refractivity contribution in [2.75, 3.05) is 19.7 Å². The van der Waals surface area contributed by atoms with Gasteiger partial charge in [0.1, 0.15) is 6.61 Å². The summed E-state index contributed by atoms with van der Waals surface area (Å²) in [6.07, 6.45) is 3.89. The first kappa shape index (κ1) is 23.4. The van der Waals surface area contributed by atoms with Gasteiger partial charge in [0.15, 0.2) is 0 Å². The number of amides is 2. The molecule has 0 bridgehead atoms. The van der Waals surface area contributed by atoms with Crippen molar-refractivity contribution in [2.45, 2.75) is 44.4 Å². The number of carbonyl (C=O) groups excluding carboxylic acids is 2. The second kappa shape index (κ2) is 9.72. The minimum atomic E-state index is -0.754. The maximum Gasteiger partial charge on any atom is 0.407 e. The number of nitrogens with one attached hydrogen (secondary N) is 2. The summed E-state index contributed by atoms with van der Waals surface area (Å²) in [5.41, 5.74) is 4.14. The van der Waals surface area contributed by atoms with Gasteiger partial charge in [0.2, 0.25) is 5.91 Å². The number of hydrogen-bond acceptors (Lipinski definition) is 4. The SMILES string of the molecule is O=C(O)CC1CCC(CNC(=O)C2(CNC(=O)OCC3c4ccccc4-c4ccccc43)CC2)C1. The van der Waals surface area contributed by atoms with Crippen molar-refractivity contribution in [3.05, 3.63) is 59.7 Å². The van der Waals surface area contributed by atoms with E-state index >= 15 is 0 Å². The number of aliphatic carboxylic acids is 1. The van der Waals surface area contributed by atoms with Gasteiger partial charge in [-0.25, -0.2) is 4.79 Å². The van der Waals surface area contributed by atoms with E-state index in [4.69, 9.17) is 9.84 Å². The zero-order valence-corrected chi connectivity index (χ0v) is 19.8. The van der Waals surface area contributed by atoms with E-state index in [1.165, 1.54) is 11.1 Å². The normalized spacial score (nSPS) is 21.6. The molecule has 7 nitrogen and oxygen atoms in total. The lowest BCUT2D eigenvalue weighted by Gasteiger charge is -2.19. The van der Waals surface area contributed by atoms with E-state index in [0.29, 0.717) is 12.5 Å². The highest BCUT2D eigenvalue weighted by molar-refractivity contribution is 5.86. The molecule has 3 aliphatic carbocycles. The number of hydrogen-bond donors (Lipinski definition) is 3. The summed E-state index contributed by atoms with van der Waals surface area (Å²) in [7, 11) is 0. The van der Waals surface area contributed by atoms with E-state index in [0.717, 1.165) is 43.2 Å². The van der Waals surface area contributed by atoms with Crippen LogP contribution in [0.2, 0.25) is 0 Å². The van der Waals surface area contributed by atoms with E-state index < -0.39 is 17.5 Å². The Morgan fingerprint density at radius 3 is 2.17 bits per heavy atom. The molecule has 2 aromatic carbocycles. The van der Waals surface area contributed by atoms with E-state index in [2.05, 4.69) is 34.9 Å². The average Bonchev–Trinajstić information content (AvgIpc) is 3.42. The van der Waals surface area contributed by atoms with Crippen molar-refractivity contribution < 1.29 is 24.2 Å². The highest BCUT2D eigenvalue weighted by atomic mass is 16.5. The molecule has 3 aliphatic rings. The molecular formula is C28H32N2O5. The van der Waals surface area contributed by atoms with Crippen LogP contribution in [0, 0.1) is 17.3 Å². The lowest BCUT2D eigenvalue weighted by atomic mass is 9.98. The fourth-order valence-electron chi connectivity index (χ4n) is 5.75. The van der Waals surface area contributed by atoms with Crippen LogP contribution in [0.3, 0.4) is 0 Å². The molecular weight excluding hydrogens is 444 g/mol. The zero-order valence-electron chi connectivity index (χ0n) is 19.8. The Hall–Kier alpha value is -3.35. The van der Waals surface area contributed by atoms with Crippen LogP contribution >= 0.6 is 0 Å². The van der Waals surface area contributed by atoms with E-state index in [1.807, 2.05) is 24.3 Å². The van der Waals surface area contributed by atoms with Gasteiger partial charge in [-0.1, -0.05) is 48.5 Å². The molecule has 0 heterocycles. The average molecular weight is 477 g/mol. The summed E-state index contributed by atoms with van der Waals surface area (Å²) in [5.74, 6) is -0.245. The lowest BCUT2D eigenvalue weighted by molar-refractivity contribution is -0.138. The van der Waals surface area contributed by atoms with Gasteiger partial charge in [0.05, 0.1) is 5.41 Å². The number of ether oxygens (including phenoxy) is 1. The van der Waals surface area contributed by atoms with Crippen LogP contribution in [0.25, 0.3) is 11.1 Å². The summed E-state index contributed by atoms with van der Waals surface area (Å²) in [6, 6.07) is 16.4.